The molecule has 1 saturated heterocycles. The second-order valence-electron chi connectivity index (χ2n) is 3.70. The minimum Gasteiger partial charge on any atom is -0.355 e. The molecule has 0 N–H and O–H groups in total. The SMILES string of the molecule is C=C1CCN(c2ncc(Br)cc2Cl)CC1. The van der Waals surface area contributed by atoms with Gasteiger partial charge in [0.05, 0.1) is 5.02 Å². The molecule has 2 rings (SSSR count). The quantitative estimate of drug-likeness (QED) is 0.733. The van der Waals surface area contributed by atoms with Crippen LogP contribution in [-0.4, -0.2) is 18.1 Å². The van der Waals surface area contributed by atoms with Crippen molar-refractivity contribution in [1.29, 1.82) is 0 Å². The smallest absolute Gasteiger partial charge is 0.147 e. The minimum absolute atomic E-state index is 0.705. The zero-order valence-electron chi connectivity index (χ0n) is 8.34. The van der Waals surface area contributed by atoms with Crippen LogP contribution < -0.4 is 4.90 Å². The Morgan fingerprint density at radius 1 is 1.40 bits per heavy atom. The monoisotopic (exact) mass is 286 g/mol. The van der Waals surface area contributed by atoms with Crippen molar-refractivity contribution in [2.24, 2.45) is 0 Å². The molecule has 4 heteroatoms. The predicted octanol–water partition coefficient (Wildman–Crippen LogP) is 3.65. The number of hydrogen-bond donors (Lipinski definition) is 0. The topological polar surface area (TPSA) is 16.1 Å². The van der Waals surface area contributed by atoms with Crippen LogP contribution >= 0.6 is 27.5 Å². The summed E-state index contributed by atoms with van der Waals surface area (Å²) < 4.78 is 0.915. The van der Waals surface area contributed by atoms with Crippen LogP contribution in [0.2, 0.25) is 5.02 Å². The van der Waals surface area contributed by atoms with E-state index in [4.69, 9.17) is 11.6 Å². The van der Waals surface area contributed by atoms with Crippen molar-refractivity contribution in [2.75, 3.05) is 18.0 Å². The Hall–Kier alpha value is -0.540. The van der Waals surface area contributed by atoms with Gasteiger partial charge >= 0.3 is 0 Å². The first kappa shape index (κ1) is 11.0. The largest absolute Gasteiger partial charge is 0.355 e. The summed E-state index contributed by atoms with van der Waals surface area (Å²) in [4.78, 5) is 6.56. The standard InChI is InChI=1S/C11H12BrClN2/c1-8-2-4-15(5-3-8)11-10(13)6-9(12)7-14-11/h6-7H,1-5H2. The molecule has 0 saturated carbocycles. The van der Waals surface area contributed by atoms with Gasteiger partial charge in [0.2, 0.25) is 0 Å². The van der Waals surface area contributed by atoms with E-state index in [1.54, 1.807) is 6.20 Å². The highest BCUT2D eigenvalue weighted by molar-refractivity contribution is 9.10. The average molecular weight is 288 g/mol. The van der Waals surface area contributed by atoms with Crippen molar-refractivity contribution in [1.82, 2.24) is 4.98 Å². The molecule has 0 spiro atoms. The Morgan fingerprint density at radius 2 is 2.07 bits per heavy atom. The molecule has 1 aliphatic rings. The van der Waals surface area contributed by atoms with Gasteiger partial charge in [-0.05, 0) is 34.8 Å². The fraction of sp³-hybridized carbons (Fsp3) is 0.364. The highest BCUT2D eigenvalue weighted by Gasteiger charge is 2.16. The number of aromatic nitrogens is 1. The summed E-state index contributed by atoms with van der Waals surface area (Å²) in [6.07, 6.45) is 3.85. The molecular formula is C11H12BrClN2. The maximum Gasteiger partial charge on any atom is 0.147 e. The molecule has 0 amide bonds. The molecular weight excluding hydrogens is 275 g/mol. The first-order valence-corrected chi connectivity index (χ1v) is 6.06. The fourth-order valence-electron chi connectivity index (χ4n) is 1.67. The van der Waals surface area contributed by atoms with Gasteiger partial charge in [0.25, 0.3) is 0 Å². The third-order valence-corrected chi connectivity index (χ3v) is 3.27. The molecule has 1 fully saturated rings. The van der Waals surface area contributed by atoms with Gasteiger partial charge in [0.1, 0.15) is 5.82 Å². The number of anilines is 1. The van der Waals surface area contributed by atoms with E-state index in [-0.39, 0.29) is 0 Å². The number of pyridine rings is 1. The third-order valence-electron chi connectivity index (χ3n) is 2.56. The van der Waals surface area contributed by atoms with Gasteiger partial charge in [-0.2, -0.15) is 0 Å². The number of piperidine rings is 1. The van der Waals surface area contributed by atoms with E-state index in [9.17, 15) is 0 Å². The molecule has 0 bridgehead atoms. The molecule has 0 unspecified atom stereocenters. The van der Waals surface area contributed by atoms with Crippen molar-refractivity contribution < 1.29 is 0 Å². The summed E-state index contributed by atoms with van der Waals surface area (Å²) in [6.45, 7) is 5.92. The molecule has 0 aliphatic carbocycles. The average Bonchev–Trinajstić information content (AvgIpc) is 2.20. The van der Waals surface area contributed by atoms with Crippen LogP contribution in [0.4, 0.5) is 5.82 Å². The maximum absolute atomic E-state index is 6.14. The Balaban J connectivity index is 2.19. The molecule has 1 aromatic rings. The molecule has 2 heterocycles. The first-order valence-electron chi connectivity index (χ1n) is 4.89. The van der Waals surface area contributed by atoms with Gasteiger partial charge in [0.15, 0.2) is 0 Å². The molecule has 1 aromatic heterocycles. The van der Waals surface area contributed by atoms with Crippen molar-refractivity contribution in [2.45, 2.75) is 12.8 Å². The van der Waals surface area contributed by atoms with E-state index < -0.39 is 0 Å². The third kappa shape index (κ3) is 2.52. The first-order chi connectivity index (χ1) is 7.16. The Labute approximate surface area is 103 Å². The molecule has 1 aliphatic heterocycles. The lowest BCUT2D eigenvalue weighted by Gasteiger charge is -2.29. The summed E-state index contributed by atoms with van der Waals surface area (Å²) >= 11 is 9.49. The Bertz CT molecular complexity index is 382. The van der Waals surface area contributed by atoms with Crippen LogP contribution in [0.15, 0.2) is 28.9 Å². The van der Waals surface area contributed by atoms with E-state index in [0.717, 1.165) is 36.2 Å². The van der Waals surface area contributed by atoms with Gasteiger partial charge in [-0.25, -0.2) is 4.98 Å². The van der Waals surface area contributed by atoms with Gasteiger partial charge in [-0.1, -0.05) is 23.8 Å². The molecule has 0 aromatic carbocycles. The second kappa shape index (κ2) is 4.54. The van der Waals surface area contributed by atoms with Gasteiger partial charge in [-0.15, -0.1) is 0 Å². The van der Waals surface area contributed by atoms with E-state index in [1.807, 2.05) is 6.07 Å². The van der Waals surface area contributed by atoms with Crippen LogP contribution in [0.25, 0.3) is 0 Å². The molecule has 2 nitrogen and oxygen atoms in total. The Kier molecular flexibility index (Phi) is 3.32. The maximum atomic E-state index is 6.14. The van der Waals surface area contributed by atoms with E-state index in [1.165, 1.54) is 5.57 Å². The van der Waals surface area contributed by atoms with Crippen LogP contribution in [0, 0.1) is 0 Å². The van der Waals surface area contributed by atoms with Gasteiger partial charge in [0, 0.05) is 23.8 Å². The zero-order chi connectivity index (χ0) is 10.8. The van der Waals surface area contributed by atoms with Crippen LogP contribution in [0.1, 0.15) is 12.8 Å². The number of nitrogens with zero attached hydrogens (tertiary/aromatic N) is 2. The zero-order valence-corrected chi connectivity index (χ0v) is 10.7. The highest BCUT2D eigenvalue weighted by atomic mass is 79.9. The summed E-state index contributed by atoms with van der Waals surface area (Å²) in [7, 11) is 0. The summed E-state index contributed by atoms with van der Waals surface area (Å²) in [6, 6.07) is 1.88. The number of rotatable bonds is 1. The van der Waals surface area contributed by atoms with Crippen LogP contribution in [0.3, 0.4) is 0 Å². The highest BCUT2D eigenvalue weighted by Crippen LogP contribution is 2.28. The normalized spacial score (nSPS) is 16.9. The van der Waals surface area contributed by atoms with E-state index in [0.29, 0.717) is 5.02 Å². The van der Waals surface area contributed by atoms with Crippen molar-refractivity contribution in [3.8, 4) is 0 Å². The predicted molar refractivity (Wildman–Crippen MR) is 67.5 cm³/mol. The molecule has 80 valence electrons. The fourth-order valence-corrected chi connectivity index (χ4v) is 2.42. The lowest BCUT2D eigenvalue weighted by Crippen LogP contribution is -2.31. The van der Waals surface area contributed by atoms with Crippen molar-refractivity contribution >= 4 is 33.3 Å². The minimum atomic E-state index is 0.705. The molecule has 15 heavy (non-hydrogen) atoms. The second-order valence-corrected chi connectivity index (χ2v) is 5.02. The van der Waals surface area contributed by atoms with E-state index >= 15 is 0 Å². The summed E-state index contributed by atoms with van der Waals surface area (Å²) in [5.74, 6) is 0.882. The summed E-state index contributed by atoms with van der Waals surface area (Å²) in [5, 5.41) is 0.705. The number of hydrogen-bond acceptors (Lipinski definition) is 2. The van der Waals surface area contributed by atoms with Crippen molar-refractivity contribution in [3.63, 3.8) is 0 Å². The lowest BCUT2D eigenvalue weighted by atomic mass is 10.1. The van der Waals surface area contributed by atoms with Crippen molar-refractivity contribution in [3.05, 3.63) is 33.9 Å². The van der Waals surface area contributed by atoms with Gasteiger partial charge in [-0.3, -0.25) is 0 Å². The van der Waals surface area contributed by atoms with Crippen LogP contribution in [0.5, 0.6) is 0 Å². The van der Waals surface area contributed by atoms with E-state index in [2.05, 4.69) is 32.4 Å². The lowest BCUT2D eigenvalue weighted by molar-refractivity contribution is 0.679. The number of halogens is 2. The summed E-state index contributed by atoms with van der Waals surface area (Å²) in [5.41, 5.74) is 1.32. The molecule has 0 radical (unpaired) electrons. The van der Waals surface area contributed by atoms with Gasteiger partial charge < -0.3 is 4.90 Å². The molecule has 0 atom stereocenters. The van der Waals surface area contributed by atoms with Crippen LogP contribution in [-0.2, 0) is 0 Å². The Morgan fingerprint density at radius 3 is 2.67 bits per heavy atom.